The zero-order valence-electron chi connectivity index (χ0n) is 16.8. The second-order valence-corrected chi connectivity index (χ2v) is 7.30. The van der Waals surface area contributed by atoms with Gasteiger partial charge in [0.25, 0.3) is 0 Å². The second kappa shape index (κ2) is 10.4. The van der Waals surface area contributed by atoms with Gasteiger partial charge in [0.15, 0.2) is 11.5 Å². The monoisotopic (exact) mass is 402 g/mol. The van der Waals surface area contributed by atoms with Crippen LogP contribution in [-0.2, 0) is 4.74 Å². The molecule has 0 N–H and O–H groups in total. The minimum atomic E-state index is -1.02. The molecular formula is C24H28F2O3. The van der Waals surface area contributed by atoms with Gasteiger partial charge in [-0.05, 0) is 42.5 Å². The van der Waals surface area contributed by atoms with Crippen LogP contribution in [0.3, 0.4) is 0 Å². The van der Waals surface area contributed by atoms with Crippen LogP contribution >= 0.6 is 0 Å². The third-order valence-corrected chi connectivity index (χ3v) is 5.21. The average molecular weight is 402 g/mol. The zero-order chi connectivity index (χ0) is 20.6. The van der Waals surface area contributed by atoms with Gasteiger partial charge in [-0.15, -0.1) is 0 Å². The Hall–Kier alpha value is -2.40. The van der Waals surface area contributed by atoms with Crippen molar-refractivity contribution in [2.75, 3.05) is 19.8 Å². The molecule has 2 aromatic carbocycles. The maximum absolute atomic E-state index is 14.2. The maximum atomic E-state index is 14.2. The Morgan fingerprint density at radius 3 is 2.31 bits per heavy atom. The highest BCUT2D eigenvalue weighted by Gasteiger charge is 2.24. The Kier molecular flexibility index (Phi) is 7.64. The van der Waals surface area contributed by atoms with Crippen LogP contribution in [0.5, 0.6) is 11.5 Å². The number of hydrogen-bond donors (Lipinski definition) is 0. The van der Waals surface area contributed by atoms with Crippen molar-refractivity contribution in [1.82, 2.24) is 0 Å². The minimum absolute atomic E-state index is 0.0810. The molecule has 0 aromatic heterocycles. The number of rotatable bonds is 9. The zero-order valence-corrected chi connectivity index (χ0v) is 16.8. The summed E-state index contributed by atoms with van der Waals surface area (Å²) in [5.41, 5.74) is 2.33. The van der Waals surface area contributed by atoms with E-state index in [1.165, 1.54) is 17.7 Å². The van der Waals surface area contributed by atoms with Crippen LogP contribution in [0.4, 0.5) is 8.78 Å². The van der Waals surface area contributed by atoms with Gasteiger partial charge in [0.05, 0.1) is 19.3 Å². The molecular weight excluding hydrogens is 374 g/mol. The average Bonchev–Trinajstić information content (AvgIpc) is 2.77. The van der Waals surface area contributed by atoms with Gasteiger partial charge in [-0.25, -0.2) is 0 Å². The Morgan fingerprint density at radius 2 is 1.72 bits per heavy atom. The molecule has 156 valence electrons. The van der Waals surface area contributed by atoms with E-state index in [9.17, 15) is 8.78 Å². The van der Waals surface area contributed by atoms with Crippen molar-refractivity contribution < 1.29 is 23.0 Å². The summed E-state index contributed by atoms with van der Waals surface area (Å²) >= 11 is 0. The lowest BCUT2D eigenvalue weighted by Gasteiger charge is -2.29. The van der Waals surface area contributed by atoms with E-state index in [0.29, 0.717) is 19.1 Å². The van der Waals surface area contributed by atoms with Gasteiger partial charge in [0.1, 0.15) is 6.61 Å². The number of ether oxygens (including phenoxy) is 3. The SMILES string of the molecule is C=Cc1ccc(C2CCC(COc3ccc(OCCCC)c(F)c3F)OC2)cc1. The van der Waals surface area contributed by atoms with Crippen LogP contribution in [-0.4, -0.2) is 25.9 Å². The van der Waals surface area contributed by atoms with Crippen molar-refractivity contribution in [3.8, 4) is 11.5 Å². The number of unbranched alkanes of at least 4 members (excludes halogenated alkanes) is 1. The Balaban J connectivity index is 1.49. The summed E-state index contributed by atoms with van der Waals surface area (Å²) in [4.78, 5) is 0. The Bertz CT molecular complexity index is 797. The smallest absolute Gasteiger partial charge is 0.204 e. The van der Waals surface area contributed by atoms with E-state index in [4.69, 9.17) is 14.2 Å². The van der Waals surface area contributed by atoms with Crippen LogP contribution in [0.25, 0.3) is 6.08 Å². The molecule has 1 aliphatic rings. The van der Waals surface area contributed by atoms with Gasteiger partial charge in [-0.2, -0.15) is 8.78 Å². The molecule has 0 radical (unpaired) electrons. The molecule has 2 unspecified atom stereocenters. The quantitative estimate of drug-likeness (QED) is 0.472. The number of halogens is 2. The number of benzene rings is 2. The van der Waals surface area contributed by atoms with E-state index in [-0.39, 0.29) is 24.2 Å². The van der Waals surface area contributed by atoms with Crippen LogP contribution < -0.4 is 9.47 Å². The van der Waals surface area contributed by atoms with Crippen molar-refractivity contribution in [1.29, 1.82) is 0 Å². The van der Waals surface area contributed by atoms with Gasteiger partial charge in [0.2, 0.25) is 11.6 Å². The van der Waals surface area contributed by atoms with E-state index in [1.807, 2.05) is 25.1 Å². The summed E-state index contributed by atoms with van der Waals surface area (Å²) in [7, 11) is 0. The summed E-state index contributed by atoms with van der Waals surface area (Å²) in [5.74, 6) is -1.89. The first-order chi connectivity index (χ1) is 14.1. The molecule has 1 saturated heterocycles. The third-order valence-electron chi connectivity index (χ3n) is 5.21. The summed E-state index contributed by atoms with van der Waals surface area (Å²) in [6.07, 6.45) is 5.16. The first-order valence-corrected chi connectivity index (χ1v) is 10.2. The molecule has 1 aliphatic heterocycles. The Labute approximate surface area is 171 Å². The molecule has 5 heteroatoms. The molecule has 1 heterocycles. The fourth-order valence-electron chi connectivity index (χ4n) is 3.35. The summed E-state index contributed by atoms with van der Waals surface area (Å²) in [6, 6.07) is 11.1. The van der Waals surface area contributed by atoms with Crippen molar-refractivity contribution in [2.45, 2.75) is 44.6 Å². The van der Waals surface area contributed by atoms with E-state index in [1.54, 1.807) is 0 Å². The molecule has 2 aromatic rings. The largest absolute Gasteiger partial charge is 0.490 e. The maximum Gasteiger partial charge on any atom is 0.204 e. The lowest BCUT2D eigenvalue weighted by Crippen LogP contribution is -2.29. The second-order valence-electron chi connectivity index (χ2n) is 7.30. The standard InChI is InChI=1S/C24H28F2O3/c1-3-5-14-27-21-12-13-22(24(26)23(21)25)29-16-20-11-10-19(15-28-20)18-8-6-17(4-2)7-9-18/h4,6-9,12-13,19-20H,2-3,5,10-11,14-16H2,1H3. The first kappa shape index (κ1) is 21.3. The summed E-state index contributed by atoms with van der Waals surface area (Å²) in [5, 5.41) is 0. The molecule has 0 spiro atoms. The fourth-order valence-corrected chi connectivity index (χ4v) is 3.35. The summed E-state index contributed by atoms with van der Waals surface area (Å²) in [6.45, 7) is 6.91. The fraction of sp³-hybridized carbons (Fsp3) is 0.417. The molecule has 2 atom stereocenters. The van der Waals surface area contributed by atoms with Gasteiger partial charge in [-0.1, -0.05) is 50.3 Å². The van der Waals surface area contributed by atoms with Gasteiger partial charge >= 0.3 is 0 Å². The topological polar surface area (TPSA) is 27.7 Å². The van der Waals surface area contributed by atoms with E-state index >= 15 is 0 Å². The van der Waals surface area contributed by atoms with Crippen LogP contribution in [0.2, 0.25) is 0 Å². The molecule has 1 fully saturated rings. The van der Waals surface area contributed by atoms with Gasteiger partial charge < -0.3 is 14.2 Å². The predicted octanol–water partition coefficient (Wildman–Crippen LogP) is 6.13. The molecule has 29 heavy (non-hydrogen) atoms. The molecule has 0 amide bonds. The van der Waals surface area contributed by atoms with E-state index in [2.05, 4.69) is 18.7 Å². The van der Waals surface area contributed by atoms with E-state index < -0.39 is 11.6 Å². The minimum Gasteiger partial charge on any atom is -0.490 e. The summed E-state index contributed by atoms with van der Waals surface area (Å²) < 4.78 is 45.0. The molecule has 0 aliphatic carbocycles. The number of hydrogen-bond acceptors (Lipinski definition) is 3. The van der Waals surface area contributed by atoms with Gasteiger partial charge in [-0.3, -0.25) is 0 Å². The highest BCUT2D eigenvalue weighted by molar-refractivity contribution is 5.47. The highest BCUT2D eigenvalue weighted by atomic mass is 19.2. The van der Waals surface area contributed by atoms with Crippen molar-refractivity contribution in [3.05, 3.63) is 65.7 Å². The molecule has 3 nitrogen and oxygen atoms in total. The van der Waals surface area contributed by atoms with E-state index in [0.717, 1.165) is 31.2 Å². The van der Waals surface area contributed by atoms with Crippen LogP contribution in [0, 0.1) is 11.6 Å². The van der Waals surface area contributed by atoms with Crippen molar-refractivity contribution >= 4 is 6.08 Å². The Morgan fingerprint density at radius 1 is 1.03 bits per heavy atom. The molecule has 0 bridgehead atoms. The van der Waals surface area contributed by atoms with Crippen LogP contribution in [0.15, 0.2) is 43.0 Å². The third kappa shape index (κ3) is 5.57. The molecule has 0 saturated carbocycles. The molecule has 3 rings (SSSR count). The van der Waals surface area contributed by atoms with Crippen LogP contribution in [0.1, 0.15) is 49.7 Å². The highest BCUT2D eigenvalue weighted by Crippen LogP contribution is 2.31. The van der Waals surface area contributed by atoms with Crippen molar-refractivity contribution in [2.24, 2.45) is 0 Å². The van der Waals surface area contributed by atoms with Gasteiger partial charge in [0, 0.05) is 5.92 Å². The normalized spacial score (nSPS) is 19.0. The van der Waals surface area contributed by atoms with Crippen molar-refractivity contribution in [3.63, 3.8) is 0 Å². The first-order valence-electron chi connectivity index (χ1n) is 10.2. The lowest BCUT2D eigenvalue weighted by atomic mass is 9.91. The lowest BCUT2D eigenvalue weighted by molar-refractivity contribution is -0.0219. The predicted molar refractivity (Wildman–Crippen MR) is 111 cm³/mol.